The number of benzene rings is 1. The average molecular weight is 164 g/mol. The monoisotopic (exact) mass is 164 g/mol. The van der Waals surface area contributed by atoms with Gasteiger partial charge in [0.05, 0.1) is 0 Å². The summed E-state index contributed by atoms with van der Waals surface area (Å²) in [7, 11) is 0. The minimum atomic E-state index is 0.298. The molecule has 1 rings (SSSR count). The molecule has 1 unspecified atom stereocenters. The molecule has 1 atom stereocenters. The lowest BCUT2D eigenvalue weighted by Gasteiger charge is -2.06. The maximum atomic E-state index is 8.81. The van der Waals surface area contributed by atoms with Crippen LogP contribution in [0, 0.1) is 5.92 Å². The second-order valence-electron chi connectivity index (χ2n) is 3.31. The van der Waals surface area contributed by atoms with Gasteiger partial charge in [0.15, 0.2) is 0 Å². The first-order valence-electron chi connectivity index (χ1n) is 4.47. The molecule has 0 spiro atoms. The normalized spacial score (nSPS) is 12.8. The Morgan fingerprint density at radius 1 is 1.25 bits per heavy atom. The molecule has 0 radical (unpaired) electrons. The Morgan fingerprint density at radius 3 is 2.50 bits per heavy atom. The first kappa shape index (κ1) is 9.27. The third kappa shape index (κ3) is 3.05. The zero-order chi connectivity index (χ0) is 8.81. The summed E-state index contributed by atoms with van der Waals surface area (Å²) >= 11 is 0. The second-order valence-corrected chi connectivity index (χ2v) is 3.31. The highest BCUT2D eigenvalue weighted by Gasteiger charge is 1.99. The summed E-state index contributed by atoms with van der Waals surface area (Å²) < 4.78 is 0. The van der Waals surface area contributed by atoms with Crippen LogP contribution in [0.1, 0.15) is 18.9 Å². The van der Waals surface area contributed by atoms with Gasteiger partial charge in [0, 0.05) is 6.61 Å². The fraction of sp³-hybridized carbons (Fsp3) is 0.455. The van der Waals surface area contributed by atoms with Crippen molar-refractivity contribution in [3.8, 4) is 0 Å². The Kier molecular flexibility index (Phi) is 3.81. The van der Waals surface area contributed by atoms with Gasteiger partial charge in [-0.1, -0.05) is 37.3 Å². The molecule has 0 aliphatic heterocycles. The van der Waals surface area contributed by atoms with E-state index >= 15 is 0 Å². The van der Waals surface area contributed by atoms with Crippen molar-refractivity contribution in [2.45, 2.75) is 19.8 Å². The van der Waals surface area contributed by atoms with E-state index in [1.807, 2.05) is 6.07 Å². The van der Waals surface area contributed by atoms with Crippen LogP contribution in [-0.4, -0.2) is 11.7 Å². The molecule has 0 aliphatic rings. The zero-order valence-corrected chi connectivity index (χ0v) is 7.53. The molecule has 0 saturated heterocycles. The summed E-state index contributed by atoms with van der Waals surface area (Å²) in [5, 5.41) is 8.81. The van der Waals surface area contributed by atoms with E-state index in [0.29, 0.717) is 12.5 Å². The van der Waals surface area contributed by atoms with Crippen LogP contribution in [0.25, 0.3) is 0 Å². The van der Waals surface area contributed by atoms with Crippen LogP contribution in [0.2, 0.25) is 0 Å². The molecule has 0 fully saturated rings. The lowest BCUT2D eigenvalue weighted by Crippen LogP contribution is -2.01. The number of hydrogen-bond acceptors (Lipinski definition) is 1. The fourth-order valence-electron chi connectivity index (χ4n) is 1.15. The number of aryl methyl sites for hydroxylation is 1. The van der Waals surface area contributed by atoms with Gasteiger partial charge in [-0.25, -0.2) is 0 Å². The van der Waals surface area contributed by atoms with Crippen molar-refractivity contribution in [2.24, 2.45) is 5.92 Å². The SMILES string of the molecule is CC(CO)CCc1ccccc1. The first-order chi connectivity index (χ1) is 5.83. The van der Waals surface area contributed by atoms with E-state index in [9.17, 15) is 0 Å². The topological polar surface area (TPSA) is 20.2 Å². The standard InChI is InChI=1S/C11H16O/c1-10(9-12)7-8-11-5-3-2-4-6-11/h2-6,10,12H,7-9H2,1H3. The molecule has 12 heavy (non-hydrogen) atoms. The van der Waals surface area contributed by atoms with Crippen molar-refractivity contribution >= 4 is 0 Å². The van der Waals surface area contributed by atoms with Gasteiger partial charge in [-0.2, -0.15) is 0 Å². The van der Waals surface area contributed by atoms with Gasteiger partial charge < -0.3 is 5.11 Å². The highest BCUT2D eigenvalue weighted by atomic mass is 16.3. The molecule has 1 heteroatoms. The number of aliphatic hydroxyl groups excluding tert-OH is 1. The summed E-state index contributed by atoms with van der Waals surface area (Å²) in [6.45, 7) is 2.37. The summed E-state index contributed by atoms with van der Waals surface area (Å²) in [6, 6.07) is 10.4. The second kappa shape index (κ2) is 4.94. The van der Waals surface area contributed by atoms with Gasteiger partial charge in [-0.05, 0) is 24.3 Å². The van der Waals surface area contributed by atoms with Crippen LogP contribution < -0.4 is 0 Å². The molecular weight excluding hydrogens is 148 g/mol. The van der Waals surface area contributed by atoms with Gasteiger partial charge in [0.1, 0.15) is 0 Å². The van der Waals surface area contributed by atoms with Crippen LogP contribution in [0.5, 0.6) is 0 Å². The molecule has 0 bridgehead atoms. The maximum Gasteiger partial charge on any atom is 0.0456 e. The highest BCUT2D eigenvalue weighted by Crippen LogP contribution is 2.08. The molecule has 0 amide bonds. The minimum absolute atomic E-state index is 0.298. The van der Waals surface area contributed by atoms with Crippen LogP contribution in [0.15, 0.2) is 30.3 Å². The van der Waals surface area contributed by atoms with E-state index in [2.05, 4.69) is 31.2 Å². The van der Waals surface area contributed by atoms with Gasteiger partial charge >= 0.3 is 0 Å². The van der Waals surface area contributed by atoms with E-state index in [-0.39, 0.29) is 0 Å². The van der Waals surface area contributed by atoms with Gasteiger partial charge in [0.2, 0.25) is 0 Å². The Labute approximate surface area is 74.1 Å². The summed E-state index contributed by atoms with van der Waals surface area (Å²) in [5.41, 5.74) is 1.36. The number of hydrogen-bond donors (Lipinski definition) is 1. The third-order valence-corrected chi connectivity index (χ3v) is 2.08. The molecule has 0 aliphatic carbocycles. The quantitative estimate of drug-likeness (QED) is 0.723. The van der Waals surface area contributed by atoms with Crippen molar-refractivity contribution in [1.82, 2.24) is 0 Å². The Balaban J connectivity index is 2.33. The molecule has 0 saturated carbocycles. The molecule has 1 N–H and O–H groups in total. The highest BCUT2D eigenvalue weighted by molar-refractivity contribution is 5.14. The van der Waals surface area contributed by atoms with Crippen LogP contribution in [-0.2, 0) is 6.42 Å². The van der Waals surface area contributed by atoms with Crippen molar-refractivity contribution < 1.29 is 5.11 Å². The van der Waals surface area contributed by atoms with Gasteiger partial charge in [-0.3, -0.25) is 0 Å². The molecule has 0 heterocycles. The molecule has 1 aromatic carbocycles. The number of rotatable bonds is 4. The van der Waals surface area contributed by atoms with Crippen molar-refractivity contribution in [3.05, 3.63) is 35.9 Å². The molecule has 1 aromatic rings. The summed E-state index contributed by atoms with van der Waals surface area (Å²) in [4.78, 5) is 0. The van der Waals surface area contributed by atoms with Gasteiger partial charge in [-0.15, -0.1) is 0 Å². The Hall–Kier alpha value is -0.820. The number of aliphatic hydroxyl groups is 1. The van der Waals surface area contributed by atoms with Crippen molar-refractivity contribution in [1.29, 1.82) is 0 Å². The fourth-order valence-corrected chi connectivity index (χ4v) is 1.15. The van der Waals surface area contributed by atoms with Crippen molar-refractivity contribution in [2.75, 3.05) is 6.61 Å². The lowest BCUT2D eigenvalue weighted by atomic mass is 10.0. The third-order valence-electron chi connectivity index (χ3n) is 2.08. The van der Waals surface area contributed by atoms with Gasteiger partial charge in [0.25, 0.3) is 0 Å². The molecule has 66 valence electrons. The van der Waals surface area contributed by atoms with Crippen LogP contribution in [0.3, 0.4) is 0 Å². The molecule has 0 aromatic heterocycles. The predicted molar refractivity (Wildman–Crippen MR) is 51.0 cm³/mol. The van der Waals surface area contributed by atoms with E-state index in [0.717, 1.165) is 12.8 Å². The van der Waals surface area contributed by atoms with Crippen LogP contribution in [0.4, 0.5) is 0 Å². The molecular formula is C11H16O. The largest absolute Gasteiger partial charge is 0.396 e. The van der Waals surface area contributed by atoms with E-state index in [1.165, 1.54) is 5.56 Å². The van der Waals surface area contributed by atoms with E-state index in [4.69, 9.17) is 5.11 Å². The zero-order valence-electron chi connectivity index (χ0n) is 7.53. The predicted octanol–water partition coefficient (Wildman–Crippen LogP) is 2.25. The average Bonchev–Trinajstić information content (AvgIpc) is 2.16. The lowest BCUT2D eigenvalue weighted by molar-refractivity contribution is 0.230. The Morgan fingerprint density at radius 2 is 1.92 bits per heavy atom. The first-order valence-corrected chi connectivity index (χ1v) is 4.47. The van der Waals surface area contributed by atoms with E-state index < -0.39 is 0 Å². The summed E-state index contributed by atoms with van der Waals surface area (Å²) in [5.74, 6) is 0.421. The summed E-state index contributed by atoms with van der Waals surface area (Å²) in [6.07, 6.45) is 2.14. The van der Waals surface area contributed by atoms with Crippen LogP contribution >= 0.6 is 0 Å². The smallest absolute Gasteiger partial charge is 0.0456 e. The van der Waals surface area contributed by atoms with E-state index in [1.54, 1.807) is 0 Å². The van der Waals surface area contributed by atoms with Crippen molar-refractivity contribution in [3.63, 3.8) is 0 Å². The Bertz CT molecular complexity index is 206. The minimum Gasteiger partial charge on any atom is -0.396 e. The molecule has 1 nitrogen and oxygen atoms in total. The maximum absolute atomic E-state index is 8.81.